The maximum Gasteiger partial charge on any atom is 0.317 e. The average Bonchev–Trinajstić information content (AvgIpc) is 2.57. The molecular formula is C18H36Cl2N6O. The summed E-state index contributed by atoms with van der Waals surface area (Å²) in [6.45, 7) is 4.21. The topological polar surface area (TPSA) is 80.5 Å². The fourth-order valence-electron chi connectivity index (χ4n) is 3.65. The van der Waals surface area contributed by atoms with Gasteiger partial charge in [-0.3, -0.25) is 10.6 Å². The highest BCUT2D eigenvalue weighted by Crippen LogP contribution is 2.27. The number of carbonyl (C=O) groups is 1. The second-order valence-corrected chi connectivity index (χ2v) is 9.20. The normalized spacial score (nSPS) is 34.4. The number of hydrogen-bond acceptors (Lipinski definition) is 5. The first kappa shape index (κ1) is 23.0. The average molecular weight is 423 g/mol. The van der Waals surface area contributed by atoms with E-state index < -0.39 is 0 Å². The SMILES string of the molecule is CC1CC(NCCCCN(C)C)NC(NC(=O)NC2CCC(Cl)C(Cl)C2)N1. The first-order chi connectivity index (χ1) is 12.8. The van der Waals surface area contributed by atoms with Crippen molar-refractivity contribution >= 4 is 29.2 Å². The molecule has 2 rings (SSSR count). The monoisotopic (exact) mass is 422 g/mol. The van der Waals surface area contributed by atoms with Gasteiger partial charge in [0, 0.05) is 12.1 Å². The Balaban J connectivity index is 1.68. The van der Waals surface area contributed by atoms with Crippen molar-refractivity contribution in [1.82, 2.24) is 31.5 Å². The molecule has 0 aromatic heterocycles. The van der Waals surface area contributed by atoms with Crippen molar-refractivity contribution < 1.29 is 4.79 Å². The van der Waals surface area contributed by atoms with Crippen LogP contribution >= 0.6 is 23.2 Å². The van der Waals surface area contributed by atoms with Crippen molar-refractivity contribution in [3.8, 4) is 0 Å². The lowest BCUT2D eigenvalue weighted by Crippen LogP contribution is -2.68. The Morgan fingerprint density at radius 3 is 2.56 bits per heavy atom. The largest absolute Gasteiger partial charge is 0.335 e. The lowest BCUT2D eigenvalue weighted by Gasteiger charge is -2.37. The molecule has 5 N–H and O–H groups in total. The first-order valence-corrected chi connectivity index (χ1v) is 11.0. The standard InChI is InChI=1S/C18H36Cl2N6O/c1-12-10-16(21-8-4-5-9-26(2)3)24-17(22-12)25-18(27)23-13-6-7-14(19)15(20)11-13/h12-17,21-22,24H,4-11H2,1-3H3,(H2,23,25,27). The number of urea groups is 1. The number of rotatable bonds is 8. The molecule has 158 valence electrons. The van der Waals surface area contributed by atoms with E-state index in [0.717, 1.165) is 38.8 Å². The highest BCUT2D eigenvalue weighted by atomic mass is 35.5. The van der Waals surface area contributed by atoms with E-state index in [1.165, 1.54) is 6.42 Å². The molecule has 0 bridgehead atoms. The second-order valence-electron chi connectivity index (χ2n) is 8.08. The summed E-state index contributed by atoms with van der Waals surface area (Å²) in [6.07, 6.45) is 5.62. The van der Waals surface area contributed by atoms with Gasteiger partial charge < -0.3 is 20.9 Å². The summed E-state index contributed by atoms with van der Waals surface area (Å²) < 4.78 is 0. The van der Waals surface area contributed by atoms with Crippen molar-refractivity contribution in [2.45, 2.75) is 80.7 Å². The molecule has 0 radical (unpaired) electrons. The molecule has 6 unspecified atom stereocenters. The molecule has 7 nitrogen and oxygen atoms in total. The minimum atomic E-state index is -0.260. The molecule has 1 saturated heterocycles. The van der Waals surface area contributed by atoms with Crippen LogP contribution < -0.4 is 26.6 Å². The van der Waals surface area contributed by atoms with Gasteiger partial charge in [0.25, 0.3) is 0 Å². The van der Waals surface area contributed by atoms with Gasteiger partial charge in [0.15, 0.2) is 0 Å². The van der Waals surface area contributed by atoms with Crippen LogP contribution in [0.25, 0.3) is 0 Å². The van der Waals surface area contributed by atoms with Crippen LogP contribution in [0.2, 0.25) is 0 Å². The Kier molecular flexibility index (Phi) is 9.90. The lowest BCUT2D eigenvalue weighted by molar-refractivity contribution is 0.184. The molecule has 1 saturated carbocycles. The molecule has 9 heteroatoms. The fraction of sp³-hybridized carbons (Fsp3) is 0.944. The van der Waals surface area contributed by atoms with E-state index in [1.807, 2.05) is 0 Å². The van der Waals surface area contributed by atoms with E-state index >= 15 is 0 Å². The highest BCUT2D eigenvalue weighted by Gasteiger charge is 2.30. The van der Waals surface area contributed by atoms with Gasteiger partial charge in [0.2, 0.25) is 0 Å². The van der Waals surface area contributed by atoms with Gasteiger partial charge in [-0.05, 0) is 72.6 Å². The minimum absolute atomic E-state index is 0.000126. The summed E-state index contributed by atoms with van der Waals surface area (Å²) in [6, 6.07) is 0.213. The minimum Gasteiger partial charge on any atom is -0.335 e. The van der Waals surface area contributed by atoms with E-state index in [9.17, 15) is 4.79 Å². The van der Waals surface area contributed by atoms with Gasteiger partial charge >= 0.3 is 6.03 Å². The van der Waals surface area contributed by atoms with Crippen molar-refractivity contribution in [2.75, 3.05) is 27.2 Å². The molecule has 0 aromatic carbocycles. The molecule has 27 heavy (non-hydrogen) atoms. The number of nitrogens with one attached hydrogen (secondary N) is 5. The Hall–Kier alpha value is -0.310. The van der Waals surface area contributed by atoms with Gasteiger partial charge in [-0.15, -0.1) is 23.2 Å². The molecule has 1 aliphatic heterocycles. The number of unbranched alkanes of at least 4 members (excludes halogenated alkanes) is 1. The molecule has 2 amide bonds. The van der Waals surface area contributed by atoms with E-state index in [-0.39, 0.29) is 35.3 Å². The van der Waals surface area contributed by atoms with Crippen LogP contribution in [0, 0.1) is 0 Å². The number of carbonyl (C=O) groups excluding carboxylic acids is 1. The van der Waals surface area contributed by atoms with Crippen molar-refractivity contribution in [3.63, 3.8) is 0 Å². The summed E-state index contributed by atoms with van der Waals surface area (Å²) in [4.78, 5) is 14.5. The van der Waals surface area contributed by atoms with Crippen LogP contribution in [0.4, 0.5) is 4.79 Å². The van der Waals surface area contributed by atoms with Gasteiger partial charge in [0.05, 0.1) is 16.9 Å². The predicted molar refractivity (Wildman–Crippen MR) is 112 cm³/mol. The summed E-state index contributed by atoms with van der Waals surface area (Å²) in [5, 5.41) is 16.2. The van der Waals surface area contributed by atoms with Crippen molar-refractivity contribution in [3.05, 3.63) is 0 Å². The van der Waals surface area contributed by atoms with Gasteiger partial charge in [-0.1, -0.05) is 0 Å². The molecule has 6 atom stereocenters. The number of hydrogen-bond donors (Lipinski definition) is 5. The maximum absolute atomic E-state index is 12.3. The van der Waals surface area contributed by atoms with Gasteiger partial charge in [-0.2, -0.15) is 0 Å². The lowest BCUT2D eigenvalue weighted by atomic mass is 9.95. The first-order valence-electron chi connectivity index (χ1n) is 10.1. The maximum atomic E-state index is 12.3. The van der Waals surface area contributed by atoms with E-state index in [0.29, 0.717) is 12.5 Å². The molecule has 1 aliphatic carbocycles. The summed E-state index contributed by atoms with van der Waals surface area (Å²) in [7, 11) is 4.19. The zero-order valence-corrected chi connectivity index (χ0v) is 18.2. The third kappa shape index (κ3) is 8.71. The summed E-state index contributed by atoms with van der Waals surface area (Å²) >= 11 is 12.4. The second kappa shape index (κ2) is 11.6. The van der Waals surface area contributed by atoms with Crippen LogP contribution in [0.1, 0.15) is 45.4 Å². The van der Waals surface area contributed by atoms with Crippen LogP contribution in [-0.2, 0) is 0 Å². The summed E-state index contributed by atoms with van der Waals surface area (Å²) in [5.41, 5.74) is 0. The zero-order chi connectivity index (χ0) is 19.8. The smallest absolute Gasteiger partial charge is 0.317 e. The zero-order valence-electron chi connectivity index (χ0n) is 16.7. The molecular weight excluding hydrogens is 387 g/mol. The molecule has 0 aromatic rings. The van der Waals surface area contributed by atoms with E-state index in [1.54, 1.807) is 0 Å². The third-order valence-electron chi connectivity index (χ3n) is 5.13. The third-order valence-corrected chi connectivity index (χ3v) is 6.27. The number of nitrogens with zero attached hydrogens (tertiary/aromatic N) is 1. The highest BCUT2D eigenvalue weighted by molar-refractivity contribution is 6.30. The van der Waals surface area contributed by atoms with Crippen LogP contribution in [0.5, 0.6) is 0 Å². The fourth-order valence-corrected chi connectivity index (χ4v) is 4.22. The molecule has 1 heterocycles. The van der Waals surface area contributed by atoms with E-state index in [2.05, 4.69) is 52.5 Å². The molecule has 0 spiro atoms. The number of alkyl halides is 2. The van der Waals surface area contributed by atoms with Crippen molar-refractivity contribution in [2.24, 2.45) is 0 Å². The van der Waals surface area contributed by atoms with Gasteiger partial charge in [0.1, 0.15) is 6.29 Å². The Morgan fingerprint density at radius 2 is 1.85 bits per heavy atom. The number of amides is 2. The Bertz CT molecular complexity index is 456. The van der Waals surface area contributed by atoms with Crippen LogP contribution in [-0.4, -0.2) is 73.4 Å². The van der Waals surface area contributed by atoms with Crippen LogP contribution in [0.15, 0.2) is 0 Å². The number of halogens is 2. The summed E-state index contributed by atoms with van der Waals surface area (Å²) in [5.74, 6) is 0. The van der Waals surface area contributed by atoms with Crippen LogP contribution in [0.3, 0.4) is 0 Å². The Morgan fingerprint density at radius 1 is 1.07 bits per heavy atom. The molecule has 2 aliphatic rings. The van der Waals surface area contributed by atoms with Crippen molar-refractivity contribution in [1.29, 1.82) is 0 Å². The molecule has 2 fully saturated rings. The van der Waals surface area contributed by atoms with E-state index in [4.69, 9.17) is 23.2 Å². The quantitative estimate of drug-likeness (QED) is 0.303. The Labute approximate surface area is 173 Å². The van der Waals surface area contributed by atoms with Gasteiger partial charge in [-0.25, -0.2) is 4.79 Å². The predicted octanol–water partition coefficient (Wildman–Crippen LogP) is 1.57.